The Labute approximate surface area is 166 Å². The molecule has 2 aliphatic rings. The van der Waals surface area contributed by atoms with Gasteiger partial charge in [0.05, 0.1) is 0 Å². The SMILES string of the molecule is CN1/C(=C/C=C2\Cc3ccccc3C2=C(C#N)C#N)C(C)(C)c2ccccc21. The predicted octanol–water partition coefficient (Wildman–Crippen LogP) is 5.28. The second-order valence-electron chi connectivity index (χ2n) is 7.75. The Kier molecular flexibility index (Phi) is 4.17. The molecule has 2 aromatic carbocycles. The fourth-order valence-electron chi connectivity index (χ4n) is 4.44. The van der Waals surface area contributed by atoms with Crippen molar-refractivity contribution >= 4 is 11.3 Å². The van der Waals surface area contributed by atoms with Gasteiger partial charge in [0, 0.05) is 29.4 Å². The number of nitriles is 2. The number of fused-ring (bicyclic) bond motifs is 2. The third-order valence-corrected chi connectivity index (χ3v) is 5.85. The van der Waals surface area contributed by atoms with Gasteiger partial charge in [-0.1, -0.05) is 62.4 Å². The summed E-state index contributed by atoms with van der Waals surface area (Å²) in [5.74, 6) is 0. The fourth-order valence-corrected chi connectivity index (χ4v) is 4.44. The zero-order chi connectivity index (χ0) is 19.9. The Morgan fingerprint density at radius 1 is 1.00 bits per heavy atom. The van der Waals surface area contributed by atoms with Crippen LogP contribution in [0.3, 0.4) is 0 Å². The van der Waals surface area contributed by atoms with E-state index in [0.29, 0.717) is 0 Å². The summed E-state index contributed by atoms with van der Waals surface area (Å²) in [5.41, 5.74) is 7.74. The molecular weight excluding hydrogens is 342 g/mol. The van der Waals surface area contributed by atoms with E-state index < -0.39 is 0 Å². The van der Waals surface area contributed by atoms with Crippen molar-refractivity contribution in [2.24, 2.45) is 0 Å². The standard InChI is InChI=1S/C25H21N3/c1-25(2)21-10-6-7-11-22(21)28(3)23(25)13-12-18-14-17-8-4-5-9-20(17)24(18)19(15-26)16-27/h4-13H,14H2,1-3H3/b18-12+,23-13+. The summed E-state index contributed by atoms with van der Waals surface area (Å²) in [6.45, 7) is 4.46. The van der Waals surface area contributed by atoms with Gasteiger partial charge in [0.15, 0.2) is 0 Å². The van der Waals surface area contributed by atoms with Crippen LogP contribution in [0.25, 0.3) is 5.57 Å². The molecule has 1 aliphatic carbocycles. The van der Waals surface area contributed by atoms with Crippen LogP contribution in [0.4, 0.5) is 5.69 Å². The predicted molar refractivity (Wildman–Crippen MR) is 112 cm³/mol. The molecule has 28 heavy (non-hydrogen) atoms. The maximum atomic E-state index is 9.47. The first-order valence-corrected chi connectivity index (χ1v) is 9.36. The number of hydrogen-bond donors (Lipinski definition) is 0. The minimum atomic E-state index is -0.106. The first-order valence-electron chi connectivity index (χ1n) is 9.36. The Morgan fingerprint density at radius 3 is 2.39 bits per heavy atom. The number of rotatable bonds is 1. The topological polar surface area (TPSA) is 50.8 Å². The molecule has 0 radical (unpaired) electrons. The van der Waals surface area contributed by atoms with Crippen molar-refractivity contribution in [2.45, 2.75) is 25.7 Å². The van der Waals surface area contributed by atoms with E-state index in [9.17, 15) is 10.5 Å². The van der Waals surface area contributed by atoms with Gasteiger partial charge < -0.3 is 4.90 Å². The van der Waals surface area contributed by atoms with Crippen LogP contribution in [0.2, 0.25) is 0 Å². The Hall–Kier alpha value is -3.56. The molecule has 0 aromatic heterocycles. The summed E-state index contributed by atoms with van der Waals surface area (Å²) in [7, 11) is 2.09. The van der Waals surface area contributed by atoms with Gasteiger partial charge in [-0.15, -0.1) is 0 Å². The van der Waals surface area contributed by atoms with Gasteiger partial charge in [0.25, 0.3) is 0 Å². The van der Waals surface area contributed by atoms with Gasteiger partial charge in [0.1, 0.15) is 17.7 Å². The highest BCUT2D eigenvalue weighted by atomic mass is 15.2. The maximum Gasteiger partial charge on any atom is 0.137 e. The van der Waals surface area contributed by atoms with Crippen molar-refractivity contribution in [3.8, 4) is 12.1 Å². The first-order chi connectivity index (χ1) is 13.5. The lowest BCUT2D eigenvalue weighted by Gasteiger charge is -2.23. The highest BCUT2D eigenvalue weighted by Gasteiger charge is 2.37. The molecule has 0 bridgehead atoms. The molecular formula is C25H21N3. The first kappa shape index (κ1) is 17.8. The van der Waals surface area contributed by atoms with E-state index in [2.05, 4.69) is 80.4 Å². The molecule has 0 amide bonds. The minimum Gasteiger partial charge on any atom is -0.347 e. The molecule has 4 rings (SSSR count). The smallest absolute Gasteiger partial charge is 0.137 e. The van der Waals surface area contributed by atoms with E-state index in [4.69, 9.17) is 0 Å². The van der Waals surface area contributed by atoms with Crippen molar-refractivity contribution < 1.29 is 0 Å². The Morgan fingerprint density at radius 2 is 1.68 bits per heavy atom. The van der Waals surface area contributed by atoms with Crippen molar-refractivity contribution in [3.05, 3.63) is 94.2 Å². The zero-order valence-corrected chi connectivity index (χ0v) is 16.3. The number of anilines is 1. The van der Waals surface area contributed by atoms with Crippen molar-refractivity contribution in [2.75, 3.05) is 11.9 Å². The number of nitrogens with zero attached hydrogens (tertiary/aromatic N) is 3. The number of allylic oxidation sites excluding steroid dienone is 6. The average molecular weight is 363 g/mol. The number of para-hydroxylation sites is 1. The van der Waals surface area contributed by atoms with Crippen LogP contribution in [0.1, 0.15) is 30.5 Å². The van der Waals surface area contributed by atoms with Crippen LogP contribution in [0.15, 0.2) is 77.5 Å². The van der Waals surface area contributed by atoms with Gasteiger partial charge >= 0.3 is 0 Å². The highest BCUT2D eigenvalue weighted by Crippen LogP contribution is 2.47. The van der Waals surface area contributed by atoms with E-state index in [0.717, 1.165) is 28.7 Å². The fraction of sp³-hybridized carbons (Fsp3) is 0.200. The molecule has 136 valence electrons. The van der Waals surface area contributed by atoms with Crippen LogP contribution >= 0.6 is 0 Å². The number of likely N-dealkylation sites (N-methyl/N-ethyl adjacent to an activating group) is 1. The number of benzene rings is 2. The van der Waals surface area contributed by atoms with Crippen LogP contribution in [-0.2, 0) is 11.8 Å². The third-order valence-electron chi connectivity index (χ3n) is 5.85. The lowest BCUT2D eigenvalue weighted by Crippen LogP contribution is -2.22. The zero-order valence-electron chi connectivity index (χ0n) is 16.3. The quantitative estimate of drug-likeness (QED) is 0.648. The van der Waals surface area contributed by atoms with E-state index in [1.807, 2.05) is 18.2 Å². The molecule has 1 aliphatic heterocycles. The molecule has 0 saturated heterocycles. The van der Waals surface area contributed by atoms with Gasteiger partial charge in [-0.2, -0.15) is 10.5 Å². The molecule has 0 unspecified atom stereocenters. The van der Waals surface area contributed by atoms with E-state index >= 15 is 0 Å². The molecule has 3 nitrogen and oxygen atoms in total. The van der Waals surface area contributed by atoms with Crippen LogP contribution in [-0.4, -0.2) is 7.05 Å². The average Bonchev–Trinajstić information content (AvgIpc) is 3.15. The Bertz CT molecular complexity index is 1130. The molecule has 0 atom stereocenters. The summed E-state index contributed by atoms with van der Waals surface area (Å²) in [5, 5.41) is 18.9. The van der Waals surface area contributed by atoms with Gasteiger partial charge in [0.2, 0.25) is 0 Å². The lowest BCUT2D eigenvalue weighted by atomic mass is 9.83. The number of hydrogen-bond acceptors (Lipinski definition) is 3. The molecule has 2 aromatic rings. The van der Waals surface area contributed by atoms with E-state index in [-0.39, 0.29) is 11.0 Å². The van der Waals surface area contributed by atoms with Gasteiger partial charge in [-0.05, 0) is 40.8 Å². The van der Waals surface area contributed by atoms with Crippen molar-refractivity contribution in [3.63, 3.8) is 0 Å². The second kappa shape index (κ2) is 6.55. The summed E-state index contributed by atoms with van der Waals surface area (Å²) >= 11 is 0. The summed E-state index contributed by atoms with van der Waals surface area (Å²) < 4.78 is 0. The van der Waals surface area contributed by atoms with Crippen LogP contribution in [0, 0.1) is 22.7 Å². The van der Waals surface area contributed by atoms with Crippen molar-refractivity contribution in [1.82, 2.24) is 0 Å². The third kappa shape index (κ3) is 2.56. The van der Waals surface area contributed by atoms with Crippen LogP contribution in [0.5, 0.6) is 0 Å². The normalized spacial score (nSPS) is 19.3. The molecule has 3 heteroatoms. The Balaban J connectivity index is 1.84. The van der Waals surface area contributed by atoms with E-state index in [1.165, 1.54) is 16.9 Å². The molecule has 0 N–H and O–H groups in total. The summed E-state index contributed by atoms with van der Waals surface area (Å²) in [4.78, 5) is 2.23. The monoisotopic (exact) mass is 363 g/mol. The van der Waals surface area contributed by atoms with Gasteiger partial charge in [-0.3, -0.25) is 0 Å². The van der Waals surface area contributed by atoms with E-state index in [1.54, 1.807) is 0 Å². The summed E-state index contributed by atoms with van der Waals surface area (Å²) in [6, 6.07) is 20.6. The molecule has 0 saturated carbocycles. The summed E-state index contributed by atoms with van der Waals surface area (Å²) in [6.07, 6.45) is 4.97. The molecule has 1 heterocycles. The van der Waals surface area contributed by atoms with Crippen LogP contribution < -0.4 is 4.90 Å². The highest BCUT2D eigenvalue weighted by molar-refractivity contribution is 5.91. The van der Waals surface area contributed by atoms with Gasteiger partial charge in [-0.25, -0.2) is 0 Å². The van der Waals surface area contributed by atoms with Crippen molar-refractivity contribution in [1.29, 1.82) is 10.5 Å². The lowest BCUT2D eigenvalue weighted by molar-refractivity contribution is 0.640. The molecule has 0 fully saturated rings. The maximum absolute atomic E-state index is 9.47. The largest absolute Gasteiger partial charge is 0.347 e. The molecule has 0 spiro atoms. The minimum absolute atomic E-state index is 0.106. The second-order valence-corrected chi connectivity index (χ2v) is 7.75.